The van der Waals surface area contributed by atoms with E-state index in [0.29, 0.717) is 25.0 Å². The van der Waals surface area contributed by atoms with Crippen LogP contribution in [0.2, 0.25) is 0 Å². The molecule has 0 saturated heterocycles. The smallest absolute Gasteiger partial charge is 0.0799 e. The zero-order valence-corrected chi connectivity index (χ0v) is 10.3. The van der Waals surface area contributed by atoms with Gasteiger partial charge in [-0.25, -0.2) is 0 Å². The molecule has 0 bridgehead atoms. The molecule has 0 radical (unpaired) electrons. The van der Waals surface area contributed by atoms with Crippen molar-refractivity contribution in [2.75, 3.05) is 26.8 Å². The molecule has 1 rings (SSSR count). The molecule has 0 aromatic rings. The maximum atomic E-state index is 10.5. The SMILES string of the molecule is COCCNCC1(O)CCCC(C)C1C. The van der Waals surface area contributed by atoms with Gasteiger partial charge in [-0.2, -0.15) is 0 Å². The zero-order chi connectivity index (χ0) is 11.3. The summed E-state index contributed by atoms with van der Waals surface area (Å²) in [6, 6.07) is 0. The lowest BCUT2D eigenvalue weighted by atomic mass is 9.70. The van der Waals surface area contributed by atoms with Gasteiger partial charge in [-0.1, -0.05) is 26.7 Å². The van der Waals surface area contributed by atoms with Crippen molar-refractivity contribution in [3.05, 3.63) is 0 Å². The van der Waals surface area contributed by atoms with E-state index in [2.05, 4.69) is 19.2 Å². The van der Waals surface area contributed by atoms with Crippen molar-refractivity contribution < 1.29 is 9.84 Å². The second-order valence-electron chi connectivity index (χ2n) is 4.93. The van der Waals surface area contributed by atoms with Gasteiger partial charge in [0.05, 0.1) is 12.2 Å². The maximum Gasteiger partial charge on any atom is 0.0799 e. The fourth-order valence-electron chi connectivity index (χ4n) is 2.47. The van der Waals surface area contributed by atoms with Crippen LogP contribution in [0.25, 0.3) is 0 Å². The third-order valence-electron chi connectivity index (χ3n) is 3.88. The predicted octanol–water partition coefficient (Wildman–Crippen LogP) is 1.41. The highest BCUT2D eigenvalue weighted by Crippen LogP contribution is 2.37. The van der Waals surface area contributed by atoms with E-state index in [9.17, 15) is 5.11 Å². The van der Waals surface area contributed by atoms with Crippen molar-refractivity contribution in [3.8, 4) is 0 Å². The Labute approximate surface area is 93.2 Å². The van der Waals surface area contributed by atoms with Crippen molar-refractivity contribution in [3.63, 3.8) is 0 Å². The first-order valence-corrected chi connectivity index (χ1v) is 6.02. The van der Waals surface area contributed by atoms with Gasteiger partial charge in [-0.3, -0.25) is 0 Å². The van der Waals surface area contributed by atoms with Gasteiger partial charge in [0, 0.05) is 20.2 Å². The maximum absolute atomic E-state index is 10.5. The molecule has 3 atom stereocenters. The summed E-state index contributed by atoms with van der Waals surface area (Å²) in [7, 11) is 1.70. The molecule has 1 aliphatic rings. The van der Waals surface area contributed by atoms with Crippen LogP contribution in [0.15, 0.2) is 0 Å². The van der Waals surface area contributed by atoms with Crippen molar-refractivity contribution in [1.29, 1.82) is 0 Å². The number of hydrogen-bond donors (Lipinski definition) is 2. The first-order chi connectivity index (χ1) is 7.10. The molecule has 1 saturated carbocycles. The lowest BCUT2D eigenvalue weighted by Crippen LogP contribution is -2.50. The first-order valence-electron chi connectivity index (χ1n) is 6.02. The molecule has 0 spiro atoms. The summed E-state index contributed by atoms with van der Waals surface area (Å²) >= 11 is 0. The number of ether oxygens (including phenoxy) is 1. The second-order valence-corrected chi connectivity index (χ2v) is 4.93. The van der Waals surface area contributed by atoms with Gasteiger partial charge in [0.2, 0.25) is 0 Å². The summed E-state index contributed by atoms with van der Waals surface area (Å²) in [6.07, 6.45) is 3.33. The Morgan fingerprint density at radius 2 is 2.20 bits per heavy atom. The standard InChI is InChI=1S/C12H25NO2/c1-10-5-4-6-12(14,11(10)2)9-13-7-8-15-3/h10-11,13-14H,4-9H2,1-3H3. The van der Waals surface area contributed by atoms with Gasteiger partial charge in [0.1, 0.15) is 0 Å². The van der Waals surface area contributed by atoms with Gasteiger partial charge >= 0.3 is 0 Å². The fourth-order valence-corrected chi connectivity index (χ4v) is 2.47. The van der Waals surface area contributed by atoms with Crippen LogP contribution in [0.4, 0.5) is 0 Å². The molecule has 0 amide bonds. The number of aliphatic hydroxyl groups is 1. The van der Waals surface area contributed by atoms with Crippen molar-refractivity contribution in [2.45, 2.75) is 38.7 Å². The van der Waals surface area contributed by atoms with Crippen LogP contribution in [0.3, 0.4) is 0 Å². The summed E-state index contributed by atoms with van der Waals surface area (Å²) in [6.45, 7) is 6.63. The van der Waals surface area contributed by atoms with Crippen molar-refractivity contribution in [2.24, 2.45) is 11.8 Å². The van der Waals surface area contributed by atoms with Crippen LogP contribution in [0.1, 0.15) is 33.1 Å². The average molecular weight is 215 g/mol. The molecule has 90 valence electrons. The van der Waals surface area contributed by atoms with Gasteiger partial charge in [0.15, 0.2) is 0 Å². The molecule has 0 aromatic carbocycles. The molecule has 3 unspecified atom stereocenters. The minimum absolute atomic E-state index is 0.390. The Morgan fingerprint density at radius 1 is 1.47 bits per heavy atom. The van der Waals surface area contributed by atoms with E-state index in [1.165, 1.54) is 6.42 Å². The molecule has 0 aliphatic heterocycles. The van der Waals surface area contributed by atoms with Crippen LogP contribution < -0.4 is 5.32 Å². The normalized spacial score (nSPS) is 36.8. The van der Waals surface area contributed by atoms with Gasteiger partial charge in [-0.15, -0.1) is 0 Å². The molecule has 0 heterocycles. The van der Waals surface area contributed by atoms with Gasteiger partial charge in [-0.05, 0) is 18.3 Å². The summed E-state index contributed by atoms with van der Waals surface area (Å²) in [5.41, 5.74) is -0.509. The minimum Gasteiger partial charge on any atom is -0.388 e. The van der Waals surface area contributed by atoms with Crippen molar-refractivity contribution in [1.82, 2.24) is 5.32 Å². The Balaban J connectivity index is 2.35. The molecular weight excluding hydrogens is 190 g/mol. The highest BCUT2D eigenvalue weighted by atomic mass is 16.5. The highest BCUT2D eigenvalue weighted by Gasteiger charge is 2.39. The fraction of sp³-hybridized carbons (Fsp3) is 1.00. The molecule has 1 fully saturated rings. The molecule has 0 aromatic heterocycles. The molecule has 3 heteroatoms. The van der Waals surface area contributed by atoms with Crippen LogP contribution >= 0.6 is 0 Å². The van der Waals surface area contributed by atoms with E-state index in [1.54, 1.807) is 7.11 Å². The summed E-state index contributed by atoms with van der Waals surface area (Å²) in [4.78, 5) is 0. The van der Waals surface area contributed by atoms with Gasteiger partial charge < -0.3 is 15.2 Å². The van der Waals surface area contributed by atoms with E-state index in [0.717, 1.165) is 19.4 Å². The Morgan fingerprint density at radius 3 is 2.87 bits per heavy atom. The lowest BCUT2D eigenvalue weighted by Gasteiger charge is -2.42. The Kier molecular flexibility index (Phi) is 5.03. The quantitative estimate of drug-likeness (QED) is 0.681. The molecular formula is C12H25NO2. The molecule has 3 nitrogen and oxygen atoms in total. The molecule has 2 N–H and O–H groups in total. The van der Waals surface area contributed by atoms with Crippen molar-refractivity contribution >= 4 is 0 Å². The largest absolute Gasteiger partial charge is 0.388 e. The first kappa shape index (κ1) is 12.9. The number of methoxy groups -OCH3 is 1. The van der Waals surface area contributed by atoms with E-state index in [1.807, 2.05) is 0 Å². The Hall–Kier alpha value is -0.120. The van der Waals surface area contributed by atoms with E-state index < -0.39 is 5.60 Å². The van der Waals surface area contributed by atoms with E-state index in [4.69, 9.17) is 4.74 Å². The average Bonchev–Trinajstić information content (AvgIpc) is 2.21. The van der Waals surface area contributed by atoms with Crippen LogP contribution in [0, 0.1) is 11.8 Å². The van der Waals surface area contributed by atoms with E-state index >= 15 is 0 Å². The zero-order valence-electron chi connectivity index (χ0n) is 10.3. The lowest BCUT2D eigenvalue weighted by molar-refractivity contribution is -0.0611. The second kappa shape index (κ2) is 5.83. The summed E-state index contributed by atoms with van der Waals surface area (Å²) in [5, 5.41) is 13.8. The monoisotopic (exact) mass is 215 g/mol. The number of hydrogen-bond acceptors (Lipinski definition) is 3. The minimum atomic E-state index is -0.509. The topological polar surface area (TPSA) is 41.5 Å². The molecule has 1 aliphatic carbocycles. The van der Waals surface area contributed by atoms with Gasteiger partial charge in [0.25, 0.3) is 0 Å². The molecule has 15 heavy (non-hydrogen) atoms. The highest BCUT2D eigenvalue weighted by molar-refractivity contribution is 4.92. The Bertz CT molecular complexity index is 186. The third kappa shape index (κ3) is 3.44. The number of rotatable bonds is 5. The summed E-state index contributed by atoms with van der Waals surface area (Å²) < 4.78 is 4.97. The number of nitrogens with one attached hydrogen (secondary N) is 1. The summed E-state index contributed by atoms with van der Waals surface area (Å²) in [5.74, 6) is 1.02. The van der Waals surface area contributed by atoms with E-state index in [-0.39, 0.29) is 0 Å². The predicted molar refractivity (Wildman–Crippen MR) is 61.9 cm³/mol. The van der Waals surface area contributed by atoms with Crippen LogP contribution in [-0.4, -0.2) is 37.5 Å². The van der Waals surface area contributed by atoms with Crippen LogP contribution in [-0.2, 0) is 4.74 Å². The third-order valence-corrected chi connectivity index (χ3v) is 3.88. The van der Waals surface area contributed by atoms with Crippen LogP contribution in [0.5, 0.6) is 0 Å².